The van der Waals surface area contributed by atoms with E-state index in [1.165, 1.54) is 6.07 Å². The summed E-state index contributed by atoms with van der Waals surface area (Å²) in [6.45, 7) is 3.82. The van der Waals surface area contributed by atoms with E-state index < -0.39 is 0 Å². The maximum absolute atomic E-state index is 13.3. The van der Waals surface area contributed by atoms with E-state index in [4.69, 9.17) is 0 Å². The number of nitrogens with zero attached hydrogens (tertiary/aromatic N) is 3. The Balaban J connectivity index is 1.96. The third-order valence-electron chi connectivity index (χ3n) is 3.33. The molecule has 3 nitrogen and oxygen atoms in total. The summed E-state index contributed by atoms with van der Waals surface area (Å²) in [5.41, 5.74) is 2.06. The van der Waals surface area contributed by atoms with Crippen LogP contribution in [-0.2, 0) is 13.1 Å². The van der Waals surface area contributed by atoms with Gasteiger partial charge in [-0.1, -0.05) is 6.92 Å². The van der Waals surface area contributed by atoms with Gasteiger partial charge in [-0.05, 0) is 36.1 Å². The molecular formula is C15H16FN3. The lowest BCUT2D eigenvalue weighted by molar-refractivity contribution is 0.622. The van der Waals surface area contributed by atoms with Crippen molar-refractivity contribution in [1.82, 2.24) is 14.1 Å². The second kappa shape index (κ2) is 4.88. The van der Waals surface area contributed by atoms with E-state index in [2.05, 4.69) is 21.0 Å². The van der Waals surface area contributed by atoms with Crippen molar-refractivity contribution >= 4 is 10.9 Å². The van der Waals surface area contributed by atoms with Crippen LogP contribution in [0.2, 0.25) is 0 Å². The highest BCUT2D eigenvalue weighted by Gasteiger charge is 2.06. The molecule has 0 amide bonds. The molecule has 1 aromatic carbocycles. The minimum atomic E-state index is -0.200. The number of aryl methyl sites for hydroxylation is 1. The van der Waals surface area contributed by atoms with Crippen LogP contribution in [0.25, 0.3) is 10.9 Å². The molecule has 3 rings (SSSR count). The predicted molar refractivity (Wildman–Crippen MR) is 73.5 cm³/mol. The molecule has 0 spiro atoms. The minimum absolute atomic E-state index is 0.200. The van der Waals surface area contributed by atoms with Crippen molar-refractivity contribution in [1.29, 1.82) is 0 Å². The molecule has 0 aliphatic heterocycles. The molecule has 0 aliphatic rings. The van der Waals surface area contributed by atoms with Gasteiger partial charge in [0, 0.05) is 18.9 Å². The number of aromatic nitrogens is 3. The largest absolute Gasteiger partial charge is 0.341 e. The molecule has 3 aromatic rings. The average Bonchev–Trinajstić information content (AvgIpc) is 2.99. The summed E-state index contributed by atoms with van der Waals surface area (Å²) >= 11 is 0. The summed E-state index contributed by atoms with van der Waals surface area (Å²) < 4.78 is 17.5. The lowest BCUT2D eigenvalue weighted by Crippen LogP contribution is -2.06. The summed E-state index contributed by atoms with van der Waals surface area (Å²) in [5.74, 6) is -0.200. The van der Waals surface area contributed by atoms with Crippen LogP contribution in [-0.4, -0.2) is 14.1 Å². The zero-order valence-electron chi connectivity index (χ0n) is 10.9. The monoisotopic (exact) mass is 257 g/mol. The van der Waals surface area contributed by atoms with Crippen molar-refractivity contribution in [2.45, 2.75) is 26.4 Å². The molecule has 0 aliphatic carbocycles. The van der Waals surface area contributed by atoms with Gasteiger partial charge in [-0.2, -0.15) is 0 Å². The quantitative estimate of drug-likeness (QED) is 0.702. The van der Waals surface area contributed by atoms with E-state index in [9.17, 15) is 4.39 Å². The summed E-state index contributed by atoms with van der Waals surface area (Å²) in [6, 6.07) is 6.89. The average molecular weight is 257 g/mol. The van der Waals surface area contributed by atoms with Crippen molar-refractivity contribution in [2.24, 2.45) is 0 Å². The highest BCUT2D eigenvalue weighted by atomic mass is 19.1. The number of halogens is 1. The Bertz CT molecular complexity index is 696. The van der Waals surface area contributed by atoms with E-state index in [0.29, 0.717) is 6.54 Å². The first-order valence-electron chi connectivity index (χ1n) is 6.51. The van der Waals surface area contributed by atoms with E-state index in [-0.39, 0.29) is 5.82 Å². The Kier molecular flexibility index (Phi) is 3.07. The van der Waals surface area contributed by atoms with Crippen molar-refractivity contribution in [3.63, 3.8) is 0 Å². The lowest BCUT2D eigenvalue weighted by atomic mass is 10.2. The summed E-state index contributed by atoms with van der Waals surface area (Å²) in [6.07, 6.45) is 6.80. The van der Waals surface area contributed by atoms with Gasteiger partial charge >= 0.3 is 0 Å². The lowest BCUT2D eigenvalue weighted by Gasteiger charge is -2.09. The molecule has 0 N–H and O–H groups in total. The molecule has 2 heterocycles. The van der Waals surface area contributed by atoms with Gasteiger partial charge in [0.15, 0.2) is 0 Å². The van der Waals surface area contributed by atoms with E-state index in [1.54, 1.807) is 6.07 Å². The summed E-state index contributed by atoms with van der Waals surface area (Å²) in [5, 5.41) is 1.06. The molecule has 0 bridgehead atoms. The highest BCUT2D eigenvalue weighted by Crippen LogP contribution is 2.18. The molecule has 0 saturated heterocycles. The molecule has 98 valence electrons. The van der Waals surface area contributed by atoms with Crippen molar-refractivity contribution in [3.05, 3.63) is 54.5 Å². The van der Waals surface area contributed by atoms with E-state index in [0.717, 1.165) is 29.6 Å². The van der Waals surface area contributed by atoms with Crippen molar-refractivity contribution in [2.75, 3.05) is 0 Å². The van der Waals surface area contributed by atoms with Crippen LogP contribution >= 0.6 is 0 Å². The highest BCUT2D eigenvalue weighted by molar-refractivity contribution is 5.80. The first kappa shape index (κ1) is 12.0. The molecule has 2 aromatic heterocycles. The van der Waals surface area contributed by atoms with Crippen LogP contribution in [0.1, 0.15) is 19.0 Å². The fourth-order valence-electron chi connectivity index (χ4n) is 2.39. The van der Waals surface area contributed by atoms with Gasteiger partial charge in [0.2, 0.25) is 0 Å². The molecule has 0 saturated carbocycles. The SMILES string of the molecule is CCCn1cncc1Cn1ccc2ccc(F)cc21. The van der Waals surface area contributed by atoms with Gasteiger partial charge in [-0.25, -0.2) is 9.37 Å². The van der Waals surface area contributed by atoms with E-state index >= 15 is 0 Å². The van der Waals surface area contributed by atoms with Crippen LogP contribution < -0.4 is 0 Å². The Hall–Kier alpha value is -2.10. The maximum atomic E-state index is 13.3. The Labute approximate surface area is 111 Å². The third kappa shape index (κ3) is 2.26. The smallest absolute Gasteiger partial charge is 0.125 e. The zero-order chi connectivity index (χ0) is 13.2. The molecule has 0 unspecified atom stereocenters. The first-order chi connectivity index (χ1) is 9.28. The fourth-order valence-corrected chi connectivity index (χ4v) is 2.39. The van der Waals surface area contributed by atoms with Crippen molar-refractivity contribution in [3.8, 4) is 0 Å². The first-order valence-corrected chi connectivity index (χ1v) is 6.51. The normalized spacial score (nSPS) is 11.3. The predicted octanol–water partition coefficient (Wildman–Crippen LogP) is 3.44. The van der Waals surface area contributed by atoms with Crippen LogP contribution in [0, 0.1) is 5.82 Å². The standard InChI is InChI=1S/C15H16FN3/c1-2-6-19-11-17-9-14(19)10-18-7-5-12-3-4-13(16)8-15(12)18/h3-5,7-9,11H,2,6,10H2,1H3. The second-order valence-electron chi connectivity index (χ2n) is 4.73. The second-order valence-corrected chi connectivity index (χ2v) is 4.73. The number of imidazole rings is 1. The Morgan fingerprint density at radius 1 is 1.21 bits per heavy atom. The number of hydrogen-bond acceptors (Lipinski definition) is 1. The molecule has 0 fully saturated rings. The number of fused-ring (bicyclic) bond motifs is 1. The van der Waals surface area contributed by atoms with Crippen LogP contribution in [0.3, 0.4) is 0 Å². The molecule has 4 heteroatoms. The minimum Gasteiger partial charge on any atom is -0.341 e. The van der Waals surface area contributed by atoms with Gasteiger partial charge in [-0.3, -0.25) is 0 Å². The number of benzene rings is 1. The maximum Gasteiger partial charge on any atom is 0.125 e. The van der Waals surface area contributed by atoms with Crippen molar-refractivity contribution < 1.29 is 4.39 Å². The van der Waals surface area contributed by atoms with Gasteiger partial charge in [0.25, 0.3) is 0 Å². The number of hydrogen-bond donors (Lipinski definition) is 0. The number of rotatable bonds is 4. The topological polar surface area (TPSA) is 22.8 Å². The van der Waals surface area contributed by atoms with Crippen LogP contribution in [0.4, 0.5) is 4.39 Å². The zero-order valence-corrected chi connectivity index (χ0v) is 10.9. The fraction of sp³-hybridized carbons (Fsp3) is 0.267. The van der Waals surface area contributed by atoms with Gasteiger partial charge < -0.3 is 9.13 Å². The molecule has 19 heavy (non-hydrogen) atoms. The molecular weight excluding hydrogens is 241 g/mol. The summed E-state index contributed by atoms with van der Waals surface area (Å²) in [4.78, 5) is 4.19. The van der Waals surface area contributed by atoms with Gasteiger partial charge in [0.05, 0.1) is 24.1 Å². The third-order valence-corrected chi connectivity index (χ3v) is 3.33. The summed E-state index contributed by atoms with van der Waals surface area (Å²) in [7, 11) is 0. The Morgan fingerprint density at radius 2 is 2.11 bits per heavy atom. The van der Waals surface area contributed by atoms with E-state index in [1.807, 2.05) is 30.9 Å². The Morgan fingerprint density at radius 3 is 2.95 bits per heavy atom. The van der Waals surface area contributed by atoms with Gasteiger partial charge in [0.1, 0.15) is 5.82 Å². The van der Waals surface area contributed by atoms with Crippen LogP contribution in [0.15, 0.2) is 43.0 Å². The molecule has 0 radical (unpaired) electrons. The van der Waals surface area contributed by atoms with Crippen LogP contribution in [0.5, 0.6) is 0 Å². The van der Waals surface area contributed by atoms with Gasteiger partial charge in [-0.15, -0.1) is 0 Å². The molecule has 0 atom stereocenters.